The maximum absolute atomic E-state index is 14.0. The van der Waals surface area contributed by atoms with Gasteiger partial charge in [-0.15, -0.1) is 6.42 Å². The van der Waals surface area contributed by atoms with Gasteiger partial charge in [0.05, 0.1) is 51.6 Å². The van der Waals surface area contributed by atoms with Crippen LogP contribution in [0.25, 0.3) is 6.08 Å². The van der Waals surface area contributed by atoms with Crippen LogP contribution >= 0.6 is 27.3 Å². The van der Waals surface area contributed by atoms with Crippen LogP contribution in [0.5, 0.6) is 17.2 Å². The Labute approximate surface area is 275 Å². The monoisotopic (exact) mass is 713 g/mol. The van der Waals surface area contributed by atoms with E-state index in [2.05, 4.69) is 31.6 Å². The second-order valence-electron chi connectivity index (χ2n) is 9.41. The molecule has 0 radical (unpaired) electrons. The number of halogens is 1. The number of nitrogens with zero attached hydrogens (tertiary/aromatic N) is 3. The molecule has 0 fully saturated rings. The second kappa shape index (κ2) is 14.9. The molecule has 0 spiro atoms. The molecule has 2 aromatic carbocycles. The van der Waals surface area contributed by atoms with Crippen molar-refractivity contribution in [2.45, 2.75) is 26.8 Å². The van der Waals surface area contributed by atoms with Crippen LogP contribution in [0.3, 0.4) is 0 Å². The summed E-state index contributed by atoms with van der Waals surface area (Å²) in [6, 6.07) is 6.67. The summed E-state index contributed by atoms with van der Waals surface area (Å²) in [6.45, 7) is 4.89. The Morgan fingerprint density at radius 3 is 2.59 bits per heavy atom. The molecular formula is C31H28BrN3O10S. The highest BCUT2D eigenvalue weighted by atomic mass is 79.9. The first-order chi connectivity index (χ1) is 22.0. The zero-order valence-electron chi connectivity index (χ0n) is 25.2. The van der Waals surface area contributed by atoms with Crippen LogP contribution in [0.15, 0.2) is 55.9 Å². The minimum atomic E-state index is -0.980. The van der Waals surface area contributed by atoms with Crippen LogP contribution in [-0.4, -0.2) is 55.0 Å². The van der Waals surface area contributed by atoms with Crippen molar-refractivity contribution >= 4 is 51.0 Å². The largest absolute Gasteiger partial charge is 0.490 e. The van der Waals surface area contributed by atoms with Crippen LogP contribution in [0.2, 0.25) is 0 Å². The summed E-state index contributed by atoms with van der Waals surface area (Å²) in [7, 11) is 1.24. The first-order valence-corrected chi connectivity index (χ1v) is 15.4. The fourth-order valence-electron chi connectivity index (χ4n) is 4.61. The minimum Gasteiger partial charge on any atom is -0.490 e. The van der Waals surface area contributed by atoms with Crippen molar-refractivity contribution in [1.82, 2.24) is 4.57 Å². The average molecular weight is 715 g/mol. The van der Waals surface area contributed by atoms with E-state index >= 15 is 0 Å². The molecule has 0 saturated heterocycles. The highest BCUT2D eigenvalue weighted by Crippen LogP contribution is 2.38. The molecule has 46 heavy (non-hydrogen) atoms. The minimum absolute atomic E-state index is 0.0413. The van der Waals surface area contributed by atoms with Gasteiger partial charge >= 0.3 is 17.6 Å². The number of allylic oxidation sites excluding steroid dienone is 1. The molecule has 1 aliphatic rings. The van der Waals surface area contributed by atoms with Gasteiger partial charge in [0, 0.05) is 6.07 Å². The molecule has 0 amide bonds. The molecule has 0 saturated carbocycles. The summed E-state index contributed by atoms with van der Waals surface area (Å²) in [5.74, 6) is 1.51. The second-order valence-corrected chi connectivity index (χ2v) is 11.3. The zero-order chi connectivity index (χ0) is 33.5. The molecule has 1 aliphatic heterocycles. The molecule has 1 atom stereocenters. The number of rotatable bonds is 12. The summed E-state index contributed by atoms with van der Waals surface area (Å²) in [5, 5.41) is 11.8. The van der Waals surface area contributed by atoms with E-state index in [1.165, 1.54) is 23.8 Å². The Kier molecular flexibility index (Phi) is 11.0. The topological polar surface area (TPSA) is 158 Å². The number of esters is 2. The molecule has 2 heterocycles. The van der Waals surface area contributed by atoms with E-state index in [1.807, 2.05) is 0 Å². The smallest absolute Gasteiger partial charge is 0.343 e. The number of carbonyl (C=O) groups is 2. The van der Waals surface area contributed by atoms with Crippen molar-refractivity contribution in [2.24, 2.45) is 4.99 Å². The average Bonchev–Trinajstić information content (AvgIpc) is 3.32. The van der Waals surface area contributed by atoms with Crippen LogP contribution in [0.1, 0.15) is 37.9 Å². The Morgan fingerprint density at radius 2 is 1.93 bits per heavy atom. The van der Waals surface area contributed by atoms with Gasteiger partial charge in [-0.05, 0) is 72.1 Å². The lowest BCUT2D eigenvalue weighted by molar-refractivity contribution is -0.385. The number of nitro groups is 1. The van der Waals surface area contributed by atoms with Crippen LogP contribution in [0.4, 0.5) is 5.69 Å². The first kappa shape index (κ1) is 33.9. The van der Waals surface area contributed by atoms with Crippen molar-refractivity contribution < 1.29 is 38.2 Å². The van der Waals surface area contributed by atoms with Crippen LogP contribution in [-0.2, 0) is 19.1 Å². The Bertz CT molecular complexity index is 1960. The van der Waals surface area contributed by atoms with Crippen LogP contribution < -0.4 is 29.1 Å². The summed E-state index contributed by atoms with van der Waals surface area (Å²) in [5.41, 5.74) is 0.444. The maximum Gasteiger partial charge on any atom is 0.343 e. The summed E-state index contributed by atoms with van der Waals surface area (Å²) in [4.78, 5) is 55.0. The third kappa shape index (κ3) is 7.13. The summed E-state index contributed by atoms with van der Waals surface area (Å²) in [6.07, 6.45) is 6.73. The van der Waals surface area contributed by atoms with Crippen molar-refractivity contribution in [1.29, 1.82) is 0 Å². The fraction of sp³-hybridized carbons (Fsp3) is 0.290. The number of benzene rings is 2. The SMILES string of the molecule is C#CCOc1c(Br)cc(/C=c2/sc3n(c2=O)[C@H](c2ccc(OCC(=O)OC)c(OCC)c2)C(C(=O)OCC)=C(C)N=3)cc1[N+](=O)[O-]. The molecule has 4 rings (SSSR count). The lowest BCUT2D eigenvalue weighted by Gasteiger charge is -2.25. The van der Waals surface area contributed by atoms with Gasteiger partial charge in [-0.25, -0.2) is 14.6 Å². The van der Waals surface area contributed by atoms with Crippen molar-refractivity contribution in [3.63, 3.8) is 0 Å². The summed E-state index contributed by atoms with van der Waals surface area (Å²) < 4.78 is 28.6. The van der Waals surface area contributed by atoms with Gasteiger partial charge in [0.25, 0.3) is 5.56 Å². The third-order valence-electron chi connectivity index (χ3n) is 6.51. The van der Waals surface area contributed by atoms with Crippen LogP contribution in [0, 0.1) is 22.5 Å². The van der Waals surface area contributed by atoms with E-state index < -0.39 is 28.5 Å². The van der Waals surface area contributed by atoms with E-state index in [0.29, 0.717) is 21.6 Å². The molecule has 0 unspecified atom stereocenters. The van der Waals surface area contributed by atoms with Gasteiger partial charge in [0.2, 0.25) is 5.75 Å². The normalized spacial score (nSPS) is 14.1. The highest BCUT2D eigenvalue weighted by molar-refractivity contribution is 9.10. The third-order valence-corrected chi connectivity index (χ3v) is 8.09. The summed E-state index contributed by atoms with van der Waals surface area (Å²) >= 11 is 4.35. The maximum atomic E-state index is 14.0. The number of aromatic nitrogens is 1. The molecule has 0 bridgehead atoms. The number of thiazole rings is 1. The highest BCUT2D eigenvalue weighted by Gasteiger charge is 2.34. The number of terminal acetylenes is 1. The molecule has 1 aromatic heterocycles. The number of methoxy groups -OCH3 is 1. The predicted molar refractivity (Wildman–Crippen MR) is 171 cm³/mol. The lowest BCUT2D eigenvalue weighted by Crippen LogP contribution is -2.40. The number of ether oxygens (including phenoxy) is 5. The first-order valence-electron chi connectivity index (χ1n) is 13.7. The van der Waals surface area contributed by atoms with E-state index in [0.717, 1.165) is 11.3 Å². The molecular weight excluding hydrogens is 686 g/mol. The van der Waals surface area contributed by atoms with Crippen molar-refractivity contribution in [2.75, 3.05) is 33.5 Å². The predicted octanol–water partition coefficient (Wildman–Crippen LogP) is 3.43. The number of nitro benzene ring substituents is 1. The number of hydrogen-bond donors (Lipinski definition) is 0. The molecule has 0 aliphatic carbocycles. The Balaban J connectivity index is 1.91. The zero-order valence-corrected chi connectivity index (χ0v) is 27.6. The van der Waals surface area contributed by atoms with E-state index in [-0.39, 0.29) is 63.9 Å². The Hall–Kier alpha value is -4.94. The van der Waals surface area contributed by atoms with E-state index in [4.69, 9.17) is 25.4 Å². The molecule has 0 N–H and O–H groups in total. The van der Waals surface area contributed by atoms with Crippen molar-refractivity contribution in [3.8, 4) is 29.6 Å². The number of carbonyl (C=O) groups excluding carboxylic acids is 2. The van der Waals surface area contributed by atoms with Gasteiger partial charge in [-0.1, -0.05) is 23.3 Å². The Morgan fingerprint density at radius 1 is 1.17 bits per heavy atom. The van der Waals surface area contributed by atoms with Gasteiger partial charge < -0.3 is 23.7 Å². The van der Waals surface area contributed by atoms with Gasteiger partial charge in [0.15, 0.2) is 22.9 Å². The molecule has 15 heteroatoms. The number of hydrogen-bond acceptors (Lipinski definition) is 12. The fourth-order valence-corrected chi connectivity index (χ4v) is 6.24. The standard InChI is InChI=1S/C31H28BrN3O10S/c1-6-11-44-28-20(32)12-18(13-21(28)35(39)40)14-24-29(37)34-27(26(30(38)43-8-3)17(4)33-31(34)46-24)19-9-10-22(23(15-19)42-7-2)45-16-25(36)41-5/h1,9-10,12-15,27H,7-8,11,16H2,2-5H3/b24-14+/t27-/m1/s1. The van der Waals surface area contributed by atoms with E-state index in [9.17, 15) is 24.5 Å². The lowest BCUT2D eigenvalue weighted by atomic mass is 9.95. The van der Waals surface area contributed by atoms with E-state index in [1.54, 1.807) is 45.0 Å². The van der Waals surface area contributed by atoms with Crippen molar-refractivity contribution in [3.05, 3.63) is 87.0 Å². The van der Waals surface area contributed by atoms with Gasteiger partial charge in [-0.2, -0.15) is 0 Å². The quantitative estimate of drug-likeness (QED) is 0.118. The molecule has 3 aromatic rings. The molecule has 240 valence electrons. The van der Waals surface area contributed by atoms with Gasteiger partial charge in [0.1, 0.15) is 6.61 Å². The molecule has 13 nitrogen and oxygen atoms in total. The number of fused-ring (bicyclic) bond motifs is 1. The van der Waals surface area contributed by atoms with Gasteiger partial charge in [-0.3, -0.25) is 19.5 Å².